The van der Waals surface area contributed by atoms with Gasteiger partial charge in [-0.2, -0.15) is 0 Å². The molecule has 0 aliphatic rings. The van der Waals surface area contributed by atoms with Crippen molar-refractivity contribution in [3.05, 3.63) is 23.8 Å². The molecule has 0 aliphatic carbocycles. The molecule has 0 aromatic heterocycles. The molecule has 5 heteroatoms. The second-order valence-electron chi connectivity index (χ2n) is 4.20. The summed E-state index contributed by atoms with van der Waals surface area (Å²) in [6.45, 7) is 1.93. The molecule has 0 heterocycles. The fourth-order valence-corrected chi connectivity index (χ4v) is 1.88. The number of carbonyl (C=O) groups excluding carboxylic acids is 1. The van der Waals surface area contributed by atoms with Crippen LogP contribution in [-0.4, -0.2) is 26.0 Å². The number of carbonyl (C=O) groups is 1. The fourth-order valence-electron chi connectivity index (χ4n) is 1.75. The van der Waals surface area contributed by atoms with Crippen LogP contribution in [0.2, 0.25) is 0 Å². The summed E-state index contributed by atoms with van der Waals surface area (Å²) in [5, 5.41) is 2.93. The Morgan fingerprint density at radius 3 is 2.58 bits per heavy atom. The van der Waals surface area contributed by atoms with Crippen molar-refractivity contribution >= 4 is 17.5 Å². The van der Waals surface area contributed by atoms with Crippen LogP contribution < -0.4 is 14.8 Å². The molecule has 1 rings (SSSR count). The van der Waals surface area contributed by atoms with Crippen LogP contribution in [-0.2, 0) is 4.79 Å². The molecule has 19 heavy (non-hydrogen) atoms. The first-order valence-electron chi connectivity index (χ1n) is 6.19. The van der Waals surface area contributed by atoms with Gasteiger partial charge in [-0.15, -0.1) is 11.6 Å². The number of methoxy groups -OCH3 is 2. The van der Waals surface area contributed by atoms with Gasteiger partial charge in [-0.25, -0.2) is 0 Å². The molecule has 0 radical (unpaired) electrons. The Balaban J connectivity index is 2.71. The number of hydrogen-bond donors (Lipinski definition) is 1. The van der Waals surface area contributed by atoms with E-state index in [4.69, 9.17) is 21.1 Å². The Kier molecular flexibility index (Phi) is 6.50. The number of amides is 1. The van der Waals surface area contributed by atoms with Gasteiger partial charge >= 0.3 is 0 Å². The molecule has 4 nitrogen and oxygen atoms in total. The van der Waals surface area contributed by atoms with E-state index < -0.39 is 0 Å². The van der Waals surface area contributed by atoms with E-state index in [1.807, 2.05) is 25.1 Å². The Bertz CT molecular complexity index is 423. The number of rotatable bonds is 7. The molecule has 0 saturated carbocycles. The van der Waals surface area contributed by atoms with Crippen LogP contribution in [0.3, 0.4) is 0 Å². The maximum Gasteiger partial charge on any atom is 0.220 e. The predicted molar refractivity (Wildman–Crippen MR) is 76.1 cm³/mol. The maximum absolute atomic E-state index is 11.6. The van der Waals surface area contributed by atoms with Gasteiger partial charge in [-0.3, -0.25) is 4.79 Å². The van der Waals surface area contributed by atoms with Crippen LogP contribution in [0.1, 0.15) is 31.4 Å². The first-order chi connectivity index (χ1) is 9.12. The van der Waals surface area contributed by atoms with Gasteiger partial charge in [-0.1, -0.05) is 6.07 Å². The molecule has 0 bridgehead atoms. The van der Waals surface area contributed by atoms with Crippen molar-refractivity contribution in [2.75, 3.05) is 20.1 Å². The molecule has 1 atom stereocenters. The third-order valence-electron chi connectivity index (χ3n) is 2.82. The van der Waals surface area contributed by atoms with Gasteiger partial charge in [0.2, 0.25) is 5.91 Å². The van der Waals surface area contributed by atoms with Crippen molar-refractivity contribution in [2.24, 2.45) is 0 Å². The first-order valence-corrected chi connectivity index (χ1v) is 6.73. The second-order valence-corrected chi connectivity index (χ2v) is 4.57. The smallest absolute Gasteiger partial charge is 0.220 e. The molecule has 0 aliphatic heterocycles. The summed E-state index contributed by atoms with van der Waals surface area (Å²) in [5.74, 6) is 1.83. The van der Waals surface area contributed by atoms with Gasteiger partial charge in [0.25, 0.3) is 0 Å². The van der Waals surface area contributed by atoms with Gasteiger partial charge in [0, 0.05) is 12.3 Å². The third kappa shape index (κ3) is 4.63. The zero-order chi connectivity index (χ0) is 14.3. The van der Waals surface area contributed by atoms with Crippen molar-refractivity contribution < 1.29 is 14.3 Å². The minimum atomic E-state index is -0.0809. The van der Waals surface area contributed by atoms with Crippen LogP contribution in [0.4, 0.5) is 0 Å². The van der Waals surface area contributed by atoms with Crippen molar-refractivity contribution in [2.45, 2.75) is 25.8 Å². The van der Waals surface area contributed by atoms with Crippen LogP contribution in [0, 0.1) is 0 Å². The van der Waals surface area contributed by atoms with Gasteiger partial charge < -0.3 is 14.8 Å². The third-order valence-corrected chi connectivity index (χ3v) is 3.09. The Hall–Kier alpha value is -1.42. The number of ether oxygens (including phenoxy) is 2. The highest BCUT2D eigenvalue weighted by molar-refractivity contribution is 6.17. The van der Waals surface area contributed by atoms with E-state index in [1.165, 1.54) is 0 Å². The average molecular weight is 286 g/mol. The normalized spacial score (nSPS) is 11.8. The van der Waals surface area contributed by atoms with Gasteiger partial charge in [0.05, 0.1) is 20.3 Å². The summed E-state index contributed by atoms with van der Waals surface area (Å²) in [6, 6.07) is 5.53. The second kappa shape index (κ2) is 7.89. The van der Waals surface area contributed by atoms with Crippen molar-refractivity contribution in [1.82, 2.24) is 5.32 Å². The number of nitrogens with one attached hydrogen (secondary N) is 1. The van der Waals surface area contributed by atoms with Gasteiger partial charge in [0.1, 0.15) is 0 Å². The van der Waals surface area contributed by atoms with Crippen LogP contribution in [0.5, 0.6) is 11.5 Å². The van der Waals surface area contributed by atoms with E-state index >= 15 is 0 Å². The molecule has 1 aromatic rings. The van der Waals surface area contributed by atoms with E-state index in [-0.39, 0.29) is 11.9 Å². The Labute approximate surface area is 119 Å². The van der Waals surface area contributed by atoms with E-state index in [1.54, 1.807) is 14.2 Å². The first kappa shape index (κ1) is 15.6. The summed E-state index contributed by atoms with van der Waals surface area (Å²) in [7, 11) is 3.18. The summed E-state index contributed by atoms with van der Waals surface area (Å²) < 4.78 is 10.4. The standard InChI is InChI=1S/C14H20ClNO3/c1-10(16-14(17)5-4-8-15)11-6-7-12(18-2)13(9-11)19-3/h6-7,9-10H,4-5,8H2,1-3H3,(H,16,17). The molecule has 1 N–H and O–H groups in total. The number of hydrogen-bond acceptors (Lipinski definition) is 3. The largest absolute Gasteiger partial charge is 0.493 e. The highest BCUT2D eigenvalue weighted by Crippen LogP contribution is 2.29. The SMILES string of the molecule is COc1ccc(C(C)NC(=O)CCCCl)cc1OC. The van der Waals surface area contributed by atoms with Crippen molar-refractivity contribution in [3.63, 3.8) is 0 Å². The zero-order valence-corrected chi connectivity index (χ0v) is 12.3. The molecule has 0 fully saturated rings. The van der Waals surface area contributed by atoms with Gasteiger partial charge in [-0.05, 0) is 31.0 Å². The lowest BCUT2D eigenvalue weighted by Gasteiger charge is -2.16. The average Bonchev–Trinajstić information content (AvgIpc) is 2.44. The molecule has 1 amide bonds. The zero-order valence-electron chi connectivity index (χ0n) is 11.5. The number of alkyl halides is 1. The minimum Gasteiger partial charge on any atom is -0.493 e. The van der Waals surface area contributed by atoms with E-state index in [0.29, 0.717) is 30.2 Å². The van der Waals surface area contributed by atoms with E-state index in [2.05, 4.69) is 5.32 Å². The molecule has 106 valence electrons. The lowest BCUT2D eigenvalue weighted by Crippen LogP contribution is -2.26. The molecule has 0 saturated heterocycles. The summed E-state index contributed by atoms with van der Waals surface area (Å²) in [4.78, 5) is 11.6. The quantitative estimate of drug-likeness (QED) is 0.784. The minimum absolute atomic E-state index is 0.00272. The lowest BCUT2D eigenvalue weighted by atomic mass is 10.1. The number of benzene rings is 1. The van der Waals surface area contributed by atoms with Crippen molar-refractivity contribution in [3.8, 4) is 11.5 Å². The predicted octanol–water partition coefficient (Wildman–Crippen LogP) is 2.90. The lowest BCUT2D eigenvalue weighted by molar-refractivity contribution is -0.121. The maximum atomic E-state index is 11.6. The molecule has 1 unspecified atom stereocenters. The summed E-state index contributed by atoms with van der Waals surface area (Å²) in [6.07, 6.45) is 1.13. The van der Waals surface area contributed by atoms with Crippen LogP contribution in [0.15, 0.2) is 18.2 Å². The highest BCUT2D eigenvalue weighted by Gasteiger charge is 2.12. The van der Waals surface area contributed by atoms with Gasteiger partial charge in [0.15, 0.2) is 11.5 Å². The fraction of sp³-hybridized carbons (Fsp3) is 0.500. The molecule has 1 aromatic carbocycles. The highest BCUT2D eigenvalue weighted by atomic mass is 35.5. The molecule has 0 spiro atoms. The van der Waals surface area contributed by atoms with Crippen LogP contribution in [0.25, 0.3) is 0 Å². The van der Waals surface area contributed by atoms with E-state index in [9.17, 15) is 4.79 Å². The molecular weight excluding hydrogens is 266 g/mol. The van der Waals surface area contributed by atoms with Crippen molar-refractivity contribution in [1.29, 1.82) is 0 Å². The monoisotopic (exact) mass is 285 g/mol. The van der Waals surface area contributed by atoms with E-state index in [0.717, 1.165) is 5.56 Å². The summed E-state index contributed by atoms with van der Waals surface area (Å²) in [5.41, 5.74) is 0.969. The Morgan fingerprint density at radius 2 is 2.00 bits per heavy atom. The van der Waals surface area contributed by atoms with Crippen LogP contribution >= 0.6 is 11.6 Å². The Morgan fingerprint density at radius 1 is 1.32 bits per heavy atom. The molecular formula is C14H20ClNO3. The number of halogens is 1. The summed E-state index contributed by atoms with van der Waals surface area (Å²) >= 11 is 5.56. The topological polar surface area (TPSA) is 47.6 Å².